The van der Waals surface area contributed by atoms with Crippen LogP contribution in [0.3, 0.4) is 0 Å². The number of hydrogen-bond acceptors (Lipinski definition) is 1. The van der Waals surface area contributed by atoms with E-state index in [1.54, 1.807) is 12.1 Å². The van der Waals surface area contributed by atoms with Crippen molar-refractivity contribution in [1.82, 2.24) is 5.32 Å². The number of benzene rings is 1. The second-order valence-electron chi connectivity index (χ2n) is 3.44. The summed E-state index contributed by atoms with van der Waals surface area (Å²) in [6.45, 7) is 4.97. The van der Waals surface area contributed by atoms with E-state index < -0.39 is 0 Å². The number of hydrogen-bond donors (Lipinski definition) is 1. The molecule has 1 nitrogen and oxygen atoms in total. The van der Waals surface area contributed by atoms with Crippen LogP contribution >= 0.6 is 11.6 Å². The predicted octanol–water partition coefficient (Wildman–Crippen LogP) is 3.37. The van der Waals surface area contributed by atoms with Crippen molar-refractivity contribution in [3.05, 3.63) is 34.6 Å². The number of halogens is 2. The smallest absolute Gasteiger partial charge is 0.141 e. The molecule has 0 aliphatic carbocycles. The van der Waals surface area contributed by atoms with E-state index in [0.717, 1.165) is 18.5 Å². The largest absolute Gasteiger partial charge is 0.310 e. The molecule has 0 aliphatic heterocycles. The molecule has 1 rings (SSSR count). The molecule has 0 aliphatic rings. The molecule has 1 unspecified atom stereocenters. The molecule has 14 heavy (non-hydrogen) atoms. The summed E-state index contributed by atoms with van der Waals surface area (Å²) in [5.41, 5.74) is 1.01. The molecule has 0 spiro atoms. The molecule has 0 saturated heterocycles. The molecule has 0 radical (unpaired) electrons. The van der Waals surface area contributed by atoms with Crippen LogP contribution in [0.5, 0.6) is 0 Å². The van der Waals surface area contributed by atoms with E-state index in [9.17, 15) is 4.39 Å². The van der Waals surface area contributed by atoms with Gasteiger partial charge >= 0.3 is 0 Å². The third-order valence-corrected chi connectivity index (χ3v) is 2.54. The van der Waals surface area contributed by atoms with Gasteiger partial charge in [0.05, 0.1) is 5.02 Å². The first-order valence-electron chi connectivity index (χ1n) is 4.80. The predicted molar refractivity (Wildman–Crippen MR) is 58.0 cm³/mol. The second kappa shape index (κ2) is 5.32. The quantitative estimate of drug-likeness (QED) is 0.812. The third-order valence-electron chi connectivity index (χ3n) is 2.25. The zero-order valence-electron chi connectivity index (χ0n) is 8.48. The van der Waals surface area contributed by atoms with Gasteiger partial charge in [0.25, 0.3) is 0 Å². The van der Waals surface area contributed by atoms with Gasteiger partial charge in [0, 0.05) is 12.6 Å². The van der Waals surface area contributed by atoms with Crippen LogP contribution in [-0.2, 0) is 6.54 Å². The maximum Gasteiger partial charge on any atom is 0.141 e. The van der Waals surface area contributed by atoms with Crippen LogP contribution in [0, 0.1) is 5.82 Å². The van der Waals surface area contributed by atoms with Crippen molar-refractivity contribution in [3.8, 4) is 0 Å². The summed E-state index contributed by atoms with van der Waals surface area (Å²) in [5.74, 6) is -0.362. The Labute approximate surface area is 89.3 Å². The standard InChI is InChI=1S/C11H15ClFN/c1-3-8(2)14-7-9-4-5-11(13)10(12)6-9/h4-6,8,14H,3,7H2,1-2H3. The number of nitrogens with one attached hydrogen (secondary N) is 1. The first kappa shape index (κ1) is 11.5. The average Bonchev–Trinajstić information content (AvgIpc) is 2.19. The van der Waals surface area contributed by atoms with Crippen molar-refractivity contribution in [2.24, 2.45) is 0 Å². The van der Waals surface area contributed by atoms with Gasteiger partial charge in [0.2, 0.25) is 0 Å². The van der Waals surface area contributed by atoms with E-state index in [2.05, 4.69) is 19.2 Å². The van der Waals surface area contributed by atoms with Gasteiger partial charge in [-0.25, -0.2) is 4.39 Å². The van der Waals surface area contributed by atoms with Crippen molar-refractivity contribution < 1.29 is 4.39 Å². The summed E-state index contributed by atoms with van der Waals surface area (Å²) in [7, 11) is 0. The lowest BCUT2D eigenvalue weighted by atomic mass is 10.2. The molecule has 0 fully saturated rings. The lowest BCUT2D eigenvalue weighted by molar-refractivity contribution is 0.533. The summed E-state index contributed by atoms with van der Waals surface area (Å²) in [6, 6.07) is 5.28. The molecule has 3 heteroatoms. The van der Waals surface area contributed by atoms with Crippen molar-refractivity contribution in [2.45, 2.75) is 32.9 Å². The monoisotopic (exact) mass is 215 g/mol. The van der Waals surface area contributed by atoms with Crippen LogP contribution in [0.4, 0.5) is 4.39 Å². The first-order chi connectivity index (χ1) is 6.63. The third kappa shape index (κ3) is 3.28. The highest BCUT2D eigenvalue weighted by atomic mass is 35.5. The Bertz CT molecular complexity index is 301. The molecule has 0 heterocycles. The van der Waals surface area contributed by atoms with Crippen LogP contribution in [0.15, 0.2) is 18.2 Å². The van der Waals surface area contributed by atoms with Gasteiger partial charge in [-0.3, -0.25) is 0 Å². The summed E-state index contributed by atoms with van der Waals surface area (Å²) in [4.78, 5) is 0. The van der Waals surface area contributed by atoms with E-state index in [0.29, 0.717) is 6.04 Å². The van der Waals surface area contributed by atoms with E-state index in [4.69, 9.17) is 11.6 Å². The van der Waals surface area contributed by atoms with Crippen LogP contribution in [0.25, 0.3) is 0 Å². The lowest BCUT2D eigenvalue weighted by Gasteiger charge is -2.11. The summed E-state index contributed by atoms with van der Waals surface area (Å²) in [6.07, 6.45) is 1.08. The fraction of sp³-hybridized carbons (Fsp3) is 0.455. The molecule has 0 bridgehead atoms. The zero-order valence-corrected chi connectivity index (χ0v) is 9.24. The minimum atomic E-state index is -0.362. The van der Waals surface area contributed by atoms with E-state index in [1.807, 2.05) is 0 Å². The Morgan fingerprint density at radius 3 is 2.79 bits per heavy atom. The van der Waals surface area contributed by atoms with Crippen LogP contribution in [0.1, 0.15) is 25.8 Å². The van der Waals surface area contributed by atoms with E-state index >= 15 is 0 Å². The van der Waals surface area contributed by atoms with Gasteiger partial charge in [-0.15, -0.1) is 0 Å². The molecular formula is C11H15ClFN. The van der Waals surface area contributed by atoms with E-state index in [-0.39, 0.29) is 10.8 Å². The average molecular weight is 216 g/mol. The highest BCUT2D eigenvalue weighted by Gasteiger charge is 2.02. The van der Waals surface area contributed by atoms with Crippen LogP contribution in [-0.4, -0.2) is 6.04 Å². The van der Waals surface area contributed by atoms with Gasteiger partial charge in [0.1, 0.15) is 5.82 Å². The highest BCUT2D eigenvalue weighted by molar-refractivity contribution is 6.30. The second-order valence-corrected chi connectivity index (χ2v) is 3.85. The topological polar surface area (TPSA) is 12.0 Å². The van der Waals surface area contributed by atoms with Crippen molar-refractivity contribution in [1.29, 1.82) is 0 Å². The van der Waals surface area contributed by atoms with Crippen LogP contribution in [0.2, 0.25) is 5.02 Å². The summed E-state index contributed by atoms with van der Waals surface area (Å²) >= 11 is 5.66. The Morgan fingerprint density at radius 2 is 2.21 bits per heavy atom. The minimum absolute atomic E-state index is 0.188. The van der Waals surface area contributed by atoms with Crippen molar-refractivity contribution in [3.63, 3.8) is 0 Å². The molecule has 0 aromatic heterocycles. The molecule has 1 N–H and O–H groups in total. The molecular weight excluding hydrogens is 201 g/mol. The summed E-state index contributed by atoms with van der Waals surface area (Å²) < 4.78 is 12.8. The molecule has 78 valence electrons. The van der Waals surface area contributed by atoms with Gasteiger partial charge in [-0.05, 0) is 31.0 Å². The normalized spacial score (nSPS) is 12.9. The molecule has 0 saturated carbocycles. The maximum absolute atomic E-state index is 12.8. The highest BCUT2D eigenvalue weighted by Crippen LogP contribution is 2.15. The van der Waals surface area contributed by atoms with Crippen molar-refractivity contribution in [2.75, 3.05) is 0 Å². The molecule has 0 amide bonds. The SMILES string of the molecule is CCC(C)NCc1ccc(F)c(Cl)c1. The number of rotatable bonds is 4. The first-order valence-corrected chi connectivity index (χ1v) is 5.18. The zero-order chi connectivity index (χ0) is 10.6. The van der Waals surface area contributed by atoms with Gasteiger partial charge in [-0.1, -0.05) is 24.6 Å². The Kier molecular flexibility index (Phi) is 4.36. The Hall–Kier alpha value is -0.600. The summed E-state index contributed by atoms with van der Waals surface area (Å²) in [5, 5.41) is 3.50. The van der Waals surface area contributed by atoms with Gasteiger partial charge in [0.15, 0.2) is 0 Å². The Balaban J connectivity index is 2.55. The lowest BCUT2D eigenvalue weighted by Crippen LogP contribution is -2.24. The van der Waals surface area contributed by atoms with Gasteiger partial charge < -0.3 is 5.32 Å². The van der Waals surface area contributed by atoms with Crippen molar-refractivity contribution >= 4 is 11.6 Å². The van der Waals surface area contributed by atoms with Crippen LogP contribution < -0.4 is 5.32 Å². The van der Waals surface area contributed by atoms with Gasteiger partial charge in [-0.2, -0.15) is 0 Å². The minimum Gasteiger partial charge on any atom is -0.310 e. The fourth-order valence-electron chi connectivity index (χ4n) is 1.09. The molecule has 1 aromatic rings. The maximum atomic E-state index is 12.8. The molecule has 1 aromatic carbocycles. The molecule has 1 atom stereocenters. The van der Waals surface area contributed by atoms with E-state index in [1.165, 1.54) is 6.07 Å². The fourth-order valence-corrected chi connectivity index (χ4v) is 1.29. The Morgan fingerprint density at radius 1 is 1.50 bits per heavy atom.